The van der Waals surface area contributed by atoms with Crippen molar-refractivity contribution < 1.29 is 9.90 Å². The molecule has 0 aliphatic carbocycles. The van der Waals surface area contributed by atoms with Crippen molar-refractivity contribution in [1.82, 2.24) is 9.88 Å². The zero-order chi connectivity index (χ0) is 13.7. The third-order valence-corrected chi connectivity index (χ3v) is 3.70. The van der Waals surface area contributed by atoms with Crippen LogP contribution < -0.4 is 5.32 Å². The summed E-state index contributed by atoms with van der Waals surface area (Å²) in [6.07, 6.45) is 0. The molecule has 1 aromatic carbocycles. The summed E-state index contributed by atoms with van der Waals surface area (Å²) < 4.78 is 2.46. The van der Waals surface area contributed by atoms with Gasteiger partial charge < -0.3 is 9.67 Å². The number of benzene rings is 1. The fourth-order valence-electron chi connectivity index (χ4n) is 2.14. The van der Waals surface area contributed by atoms with E-state index >= 15 is 0 Å². The number of thiocarbonyl (C=S) groups is 1. The molecule has 1 amide bonds. The van der Waals surface area contributed by atoms with Crippen LogP contribution in [0.4, 0.5) is 0 Å². The first-order valence-electron chi connectivity index (χ1n) is 5.40. The second kappa shape index (κ2) is 4.14. The number of carbonyl (C=O) groups is 1. The quantitative estimate of drug-likeness (QED) is 0.780. The van der Waals surface area contributed by atoms with Crippen LogP contribution in [0.15, 0.2) is 27.7 Å². The van der Waals surface area contributed by atoms with Gasteiger partial charge in [-0.15, -0.1) is 0 Å². The molecule has 2 heterocycles. The number of fused-ring (bicyclic) bond motifs is 1. The molecule has 5 nitrogen and oxygen atoms in total. The van der Waals surface area contributed by atoms with Gasteiger partial charge in [-0.1, -0.05) is 15.9 Å². The van der Waals surface area contributed by atoms with Crippen LogP contribution in [-0.4, -0.2) is 26.4 Å². The van der Waals surface area contributed by atoms with E-state index in [2.05, 4.69) is 26.2 Å². The van der Waals surface area contributed by atoms with Crippen LogP contribution in [0.2, 0.25) is 0 Å². The molecule has 2 N–H and O–H groups in total. The Hall–Kier alpha value is -1.73. The van der Waals surface area contributed by atoms with Gasteiger partial charge in [0.25, 0.3) is 5.91 Å². The number of nitrogens with zero attached hydrogens (tertiary/aromatic N) is 2. The maximum Gasteiger partial charge on any atom is 0.277 e. The molecule has 1 aliphatic heterocycles. The van der Waals surface area contributed by atoms with E-state index in [-0.39, 0.29) is 16.7 Å². The van der Waals surface area contributed by atoms with E-state index < -0.39 is 5.91 Å². The van der Waals surface area contributed by atoms with Crippen LogP contribution in [0, 0.1) is 0 Å². The molecular formula is C12H8BrN3O2S. The van der Waals surface area contributed by atoms with E-state index in [4.69, 9.17) is 12.2 Å². The number of amides is 1. The molecular weight excluding hydrogens is 330 g/mol. The van der Waals surface area contributed by atoms with Crippen LogP contribution in [0.3, 0.4) is 0 Å². The minimum atomic E-state index is -0.396. The molecule has 0 bridgehead atoms. The lowest BCUT2D eigenvalue weighted by Crippen LogP contribution is -2.25. The Kier molecular flexibility index (Phi) is 2.68. The van der Waals surface area contributed by atoms with Gasteiger partial charge in [0.1, 0.15) is 5.71 Å². The van der Waals surface area contributed by atoms with Crippen LogP contribution in [-0.2, 0) is 11.8 Å². The van der Waals surface area contributed by atoms with Gasteiger partial charge in [-0.2, -0.15) is 0 Å². The maximum atomic E-state index is 11.8. The third-order valence-electron chi connectivity index (χ3n) is 3.02. The van der Waals surface area contributed by atoms with Gasteiger partial charge in [-0.3, -0.25) is 10.1 Å². The van der Waals surface area contributed by atoms with E-state index in [1.165, 1.54) is 0 Å². The number of halogens is 1. The van der Waals surface area contributed by atoms with Crippen molar-refractivity contribution in [3.63, 3.8) is 0 Å². The Morgan fingerprint density at radius 2 is 2.21 bits per heavy atom. The van der Waals surface area contributed by atoms with Gasteiger partial charge >= 0.3 is 0 Å². The monoisotopic (exact) mass is 337 g/mol. The summed E-state index contributed by atoms with van der Waals surface area (Å²) in [4.78, 5) is 15.8. The first kappa shape index (κ1) is 12.3. The molecule has 19 heavy (non-hydrogen) atoms. The van der Waals surface area contributed by atoms with Crippen LogP contribution in [0.1, 0.15) is 5.56 Å². The van der Waals surface area contributed by atoms with Crippen LogP contribution in [0.25, 0.3) is 10.9 Å². The zero-order valence-electron chi connectivity index (χ0n) is 9.77. The fraction of sp³-hybridized carbons (Fsp3) is 0.0833. The van der Waals surface area contributed by atoms with Gasteiger partial charge in [-0.25, -0.2) is 4.99 Å². The largest absolute Gasteiger partial charge is 0.494 e. The third kappa shape index (κ3) is 1.77. The van der Waals surface area contributed by atoms with Crippen LogP contribution >= 0.6 is 28.1 Å². The Morgan fingerprint density at radius 1 is 1.47 bits per heavy atom. The Balaban J connectivity index is 2.38. The highest BCUT2D eigenvalue weighted by Gasteiger charge is 2.29. The van der Waals surface area contributed by atoms with Crippen molar-refractivity contribution in [2.45, 2.75) is 0 Å². The summed E-state index contributed by atoms with van der Waals surface area (Å²) >= 11 is 8.23. The summed E-state index contributed by atoms with van der Waals surface area (Å²) in [6.45, 7) is 0. The van der Waals surface area contributed by atoms with Crippen molar-refractivity contribution in [3.05, 3.63) is 28.2 Å². The number of aromatic hydroxyl groups is 1. The Morgan fingerprint density at radius 3 is 2.84 bits per heavy atom. The number of aryl methyl sites for hydroxylation is 1. The Labute approximate surface area is 122 Å². The van der Waals surface area contributed by atoms with Crippen molar-refractivity contribution in [3.8, 4) is 5.88 Å². The molecule has 0 saturated carbocycles. The van der Waals surface area contributed by atoms with E-state index in [1.807, 2.05) is 18.2 Å². The maximum absolute atomic E-state index is 11.8. The highest BCUT2D eigenvalue weighted by atomic mass is 79.9. The first-order chi connectivity index (χ1) is 8.99. The molecule has 0 saturated heterocycles. The molecule has 0 spiro atoms. The summed E-state index contributed by atoms with van der Waals surface area (Å²) in [6, 6.07) is 5.56. The second-order valence-corrected chi connectivity index (χ2v) is 5.44. The average Bonchev–Trinajstić information content (AvgIpc) is 2.78. The highest BCUT2D eigenvalue weighted by molar-refractivity contribution is 9.10. The van der Waals surface area contributed by atoms with Crippen molar-refractivity contribution in [2.75, 3.05) is 0 Å². The number of rotatable bonds is 1. The number of aromatic nitrogens is 1. The normalized spacial score (nSPS) is 14.9. The summed E-state index contributed by atoms with van der Waals surface area (Å²) in [5.41, 5.74) is 1.35. The van der Waals surface area contributed by atoms with Gasteiger partial charge in [0.05, 0.1) is 11.1 Å². The SMILES string of the molecule is Cn1c(O)c(C2=NC(=S)NC2=O)c2cc(Br)ccc21. The number of hydrogen-bond donors (Lipinski definition) is 2. The molecule has 7 heteroatoms. The molecule has 0 fully saturated rings. The molecule has 0 radical (unpaired) electrons. The molecule has 2 aromatic rings. The summed E-state index contributed by atoms with van der Waals surface area (Å²) in [7, 11) is 1.72. The number of hydrogen-bond acceptors (Lipinski definition) is 3. The number of carbonyl (C=O) groups excluding carboxylic acids is 1. The smallest absolute Gasteiger partial charge is 0.277 e. The summed E-state index contributed by atoms with van der Waals surface area (Å²) in [5.74, 6) is -0.403. The number of nitrogens with one attached hydrogen (secondary N) is 1. The molecule has 3 rings (SSSR count). The lowest BCUT2D eigenvalue weighted by Gasteiger charge is -1.98. The van der Waals surface area contributed by atoms with Gasteiger partial charge in [0, 0.05) is 16.9 Å². The second-order valence-electron chi connectivity index (χ2n) is 4.14. The Bertz CT molecular complexity index is 779. The highest BCUT2D eigenvalue weighted by Crippen LogP contribution is 2.33. The van der Waals surface area contributed by atoms with Crippen molar-refractivity contribution in [2.24, 2.45) is 12.0 Å². The standard InChI is InChI=1S/C12H8BrN3O2S/c1-16-7-3-2-5(13)4-6(7)8(11(16)18)9-10(17)15-12(19)14-9/h2-4,18H,1H3,(H,15,17,19). The van der Waals surface area contributed by atoms with E-state index in [1.54, 1.807) is 11.6 Å². The molecule has 0 unspecified atom stereocenters. The van der Waals surface area contributed by atoms with E-state index in [0.717, 1.165) is 15.4 Å². The first-order valence-corrected chi connectivity index (χ1v) is 6.60. The summed E-state index contributed by atoms with van der Waals surface area (Å²) in [5, 5.41) is 13.5. The van der Waals surface area contributed by atoms with Gasteiger partial charge in [0.2, 0.25) is 11.0 Å². The van der Waals surface area contributed by atoms with E-state index in [9.17, 15) is 9.90 Å². The predicted octanol–water partition coefficient (Wildman–Crippen LogP) is 1.85. The zero-order valence-corrected chi connectivity index (χ0v) is 12.2. The fourth-order valence-corrected chi connectivity index (χ4v) is 2.69. The number of aliphatic imine (C=N–C) groups is 1. The predicted molar refractivity (Wildman–Crippen MR) is 79.6 cm³/mol. The van der Waals surface area contributed by atoms with Crippen LogP contribution in [0.5, 0.6) is 5.88 Å². The van der Waals surface area contributed by atoms with Crippen molar-refractivity contribution in [1.29, 1.82) is 0 Å². The molecule has 1 aliphatic rings. The molecule has 1 aromatic heterocycles. The van der Waals surface area contributed by atoms with E-state index in [0.29, 0.717) is 5.56 Å². The molecule has 96 valence electrons. The van der Waals surface area contributed by atoms with Gasteiger partial charge in [0.15, 0.2) is 0 Å². The average molecular weight is 338 g/mol. The lowest BCUT2D eigenvalue weighted by atomic mass is 10.1. The molecule has 0 atom stereocenters. The van der Waals surface area contributed by atoms with Crippen molar-refractivity contribution >= 4 is 55.8 Å². The minimum absolute atomic E-state index is 0.00769. The van der Waals surface area contributed by atoms with Gasteiger partial charge in [-0.05, 0) is 30.4 Å². The lowest BCUT2D eigenvalue weighted by molar-refractivity contribution is -0.113. The minimum Gasteiger partial charge on any atom is -0.494 e. The topological polar surface area (TPSA) is 66.6 Å².